The molecule has 1 saturated heterocycles. The summed E-state index contributed by atoms with van der Waals surface area (Å²) in [6.45, 7) is 8.14. The maximum atomic E-state index is 13.4. The van der Waals surface area contributed by atoms with Crippen LogP contribution in [0.1, 0.15) is 58.5 Å². The number of nitrogens with zero attached hydrogens (tertiary/aromatic N) is 3. The number of pyridine rings is 2. The van der Waals surface area contributed by atoms with Crippen LogP contribution in [0.25, 0.3) is 5.52 Å². The predicted octanol–water partition coefficient (Wildman–Crippen LogP) is 3.92. The molecule has 1 amide bonds. The van der Waals surface area contributed by atoms with E-state index in [4.69, 9.17) is 16.3 Å². The number of ether oxygens (including phenoxy) is 1. The molecule has 1 atom stereocenters. The number of aromatic nitrogens is 2. The first-order valence-corrected chi connectivity index (χ1v) is 12.7. The Hall–Kier alpha value is -2.81. The third kappa shape index (κ3) is 5.16. The number of H-pyrrole nitrogens is 1. The standard InChI is InChI=1S/C27H36ClN5O3/c1-16-11-24(36-6)30-27(35)23(16)14-29-26(34)22-13-21-12-19(28)15-33(21)25(17(22)2)18(3)32-9-7-20(8-10-32)31(4)5/h11-13,15,18,20H,7-10,14H2,1-6H3,(H,29,34)(H,30,35). The molecule has 1 unspecified atom stereocenters. The van der Waals surface area contributed by atoms with Crippen molar-refractivity contribution in [3.63, 3.8) is 0 Å². The third-order valence-corrected chi connectivity index (χ3v) is 7.76. The second-order valence-corrected chi connectivity index (χ2v) is 10.4. The van der Waals surface area contributed by atoms with Crippen LogP contribution in [0.3, 0.4) is 0 Å². The molecule has 4 rings (SSSR count). The Morgan fingerprint density at radius 2 is 1.94 bits per heavy atom. The molecule has 1 fully saturated rings. The zero-order valence-electron chi connectivity index (χ0n) is 21.9. The highest BCUT2D eigenvalue weighted by atomic mass is 35.5. The van der Waals surface area contributed by atoms with Crippen molar-refractivity contribution in [1.29, 1.82) is 0 Å². The monoisotopic (exact) mass is 513 g/mol. The molecular formula is C27H36ClN5O3. The highest BCUT2D eigenvalue weighted by molar-refractivity contribution is 6.31. The largest absolute Gasteiger partial charge is 0.482 e. The number of carbonyl (C=O) groups excluding carboxylic acids is 1. The van der Waals surface area contributed by atoms with Crippen LogP contribution in [0.2, 0.25) is 5.02 Å². The SMILES string of the molecule is COc1cc(C)c(CNC(=O)c2cc3cc(Cl)cn3c(C(C)N3CCC(N(C)C)CC3)c2C)c(=O)[nH]1. The van der Waals surface area contributed by atoms with Crippen LogP contribution in [0.15, 0.2) is 29.2 Å². The molecule has 4 heterocycles. The number of halogens is 1. The summed E-state index contributed by atoms with van der Waals surface area (Å²) in [6, 6.07) is 6.21. The Bertz CT molecular complexity index is 1320. The number of rotatable bonds is 7. The van der Waals surface area contributed by atoms with Gasteiger partial charge in [-0.1, -0.05) is 11.6 Å². The molecule has 8 nitrogen and oxygen atoms in total. The molecule has 9 heteroatoms. The average molecular weight is 514 g/mol. The van der Waals surface area contributed by atoms with Crippen molar-refractivity contribution >= 4 is 23.0 Å². The lowest BCUT2D eigenvalue weighted by Gasteiger charge is -2.39. The van der Waals surface area contributed by atoms with Gasteiger partial charge in [-0.2, -0.15) is 0 Å². The van der Waals surface area contributed by atoms with Gasteiger partial charge in [0.25, 0.3) is 11.5 Å². The quantitative estimate of drug-likeness (QED) is 0.500. The Balaban J connectivity index is 1.63. The van der Waals surface area contributed by atoms with Crippen molar-refractivity contribution in [3.8, 4) is 5.88 Å². The fraction of sp³-hybridized carbons (Fsp3) is 0.481. The topological polar surface area (TPSA) is 82.1 Å². The summed E-state index contributed by atoms with van der Waals surface area (Å²) in [6.07, 6.45) is 4.15. The number of aromatic amines is 1. The van der Waals surface area contributed by atoms with Gasteiger partial charge in [-0.15, -0.1) is 0 Å². The van der Waals surface area contributed by atoms with Crippen molar-refractivity contribution in [3.05, 3.63) is 67.7 Å². The predicted molar refractivity (Wildman–Crippen MR) is 143 cm³/mol. The van der Waals surface area contributed by atoms with Crippen LogP contribution in [0.4, 0.5) is 0 Å². The first kappa shape index (κ1) is 26.3. The zero-order valence-corrected chi connectivity index (χ0v) is 22.7. The van der Waals surface area contributed by atoms with E-state index in [0.717, 1.165) is 48.3 Å². The van der Waals surface area contributed by atoms with Crippen LogP contribution in [-0.2, 0) is 6.54 Å². The number of hydrogen-bond donors (Lipinski definition) is 2. The van der Waals surface area contributed by atoms with Crippen molar-refractivity contribution in [2.45, 2.75) is 52.2 Å². The number of hydrogen-bond acceptors (Lipinski definition) is 5. The fourth-order valence-electron chi connectivity index (χ4n) is 5.33. The molecule has 194 valence electrons. The number of likely N-dealkylation sites (tertiary alicyclic amines) is 1. The van der Waals surface area contributed by atoms with Crippen LogP contribution in [0, 0.1) is 13.8 Å². The third-order valence-electron chi connectivity index (χ3n) is 7.55. The van der Waals surface area contributed by atoms with Crippen LogP contribution >= 0.6 is 11.6 Å². The van der Waals surface area contributed by atoms with Crippen molar-refractivity contribution in [1.82, 2.24) is 24.5 Å². The first-order chi connectivity index (χ1) is 17.1. The number of methoxy groups -OCH3 is 1. The van der Waals surface area contributed by atoms with E-state index < -0.39 is 0 Å². The maximum Gasteiger partial charge on any atom is 0.255 e. The molecule has 2 N–H and O–H groups in total. The normalized spacial score (nSPS) is 16.0. The van der Waals surface area contributed by atoms with E-state index in [-0.39, 0.29) is 24.1 Å². The maximum absolute atomic E-state index is 13.4. The number of piperidine rings is 1. The van der Waals surface area contributed by atoms with E-state index in [1.54, 1.807) is 6.07 Å². The van der Waals surface area contributed by atoms with E-state index >= 15 is 0 Å². The molecule has 0 aromatic carbocycles. The van der Waals surface area contributed by atoms with Crippen LogP contribution in [0.5, 0.6) is 5.88 Å². The molecule has 0 saturated carbocycles. The van der Waals surface area contributed by atoms with Gasteiger partial charge < -0.3 is 19.4 Å². The van der Waals surface area contributed by atoms with E-state index in [2.05, 4.69) is 45.5 Å². The van der Waals surface area contributed by atoms with Gasteiger partial charge in [0.15, 0.2) is 5.88 Å². The van der Waals surface area contributed by atoms with Gasteiger partial charge in [0.05, 0.1) is 12.1 Å². The molecule has 1 aliphatic rings. The van der Waals surface area contributed by atoms with Gasteiger partial charge in [-0.25, -0.2) is 0 Å². The van der Waals surface area contributed by atoms with E-state index in [1.165, 1.54) is 7.11 Å². The summed E-state index contributed by atoms with van der Waals surface area (Å²) in [7, 11) is 5.78. The number of fused-ring (bicyclic) bond motifs is 1. The lowest BCUT2D eigenvalue weighted by Crippen LogP contribution is -2.43. The Labute approximate surface area is 217 Å². The molecule has 0 radical (unpaired) electrons. The summed E-state index contributed by atoms with van der Waals surface area (Å²) in [5.74, 6) is 0.175. The number of aryl methyl sites for hydroxylation is 1. The second kappa shape index (κ2) is 10.7. The van der Waals surface area contributed by atoms with Gasteiger partial charge in [0, 0.05) is 66.3 Å². The summed E-state index contributed by atoms with van der Waals surface area (Å²) in [5.41, 5.74) is 4.43. The Morgan fingerprint density at radius 1 is 1.25 bits per heavy atom. The lowest BCUT2D eigenvalue weighted by atomic mass is 9.97. The zero-order chi connectivity index (χ0) is 26.1. The average Bonchev–Trinajstić information content (AvgIpc) is 3.22. The summed E-state index contributed by atoms with van der Waals surface area (Å²) >= 11 is 6.40. The Morgan fingerprint density at radius 3 is 2.56 bits per heavy atom. The number of carbonyl (C=O) groups is 1. The molecule has 1 aliphatic heterocycles. The highest BCUT2D eigenvalue weighted by Gasteiger charge is 2.28. The highest BCUT2D eigenvalue weighted by Crippen LogP contribution is 2.32. The number of amides is 1. The minimum Gasteiger partial charge on any atom is -0.482 e. The van der Waals surface area contributed by atoms with Gasteiger partial charge in [0.1, 0.15) is 0 Å². The van der Waals surface area contributed by atoms with Gasteiger partial charge in [0.2, 0.25) is 0 Å². The summed E-state index contributed by atoms with van der Waals surface area (Å²) in [5, 5.41) is 3.58. The van der Waals surface area contributed by atoms with E-state index in [0.29, 0.717) is 28.1 Å². The molecule has 0 spiro atoms. The minimum absolute atomic E-state index is 0.110. The van der Waals surface area contributed by atoms with E-state index in [1.807, 2.05) is 32.2 Å². The summed E-state index contributed by atoms with van der Waals surface area (Å²) in [4.78, 5) is 33.3. The lowest BCUT2D eigenvalue weighted by molar-refractivity contribution is 0.0948. The molecule has 3 aromatic heterocycles. The molecule has 36 heavy (non-hydrogen) atoms. The fourth-order valence-corrected chi connectivity index (χ4v) is 5.54. The Kier molecular flexibility index (Phi) is 7.78. The molecule has 0 aliphatic carbocycles. The first-order valence-electron chi connectivity index (χ1n) is 12.4. The van der Waals surface area contributed by atoms with Crippen molar-refractivity contribution in [2.75, 3.05) is 34.3 Å². The van der Waals surface area contributed by atoms with Gasteiger partial charge >= 0.3 is 0 Å². The summed E-state index contributed by atoms with van der Waals surface area (Å²) < 4.78 is 7.23. The second-order valence-electron chi connectivity index (χ2n) is 9.94. The van der Waals surface area contributed by atoms with E-state index in [9.17, 15) is 9.59 Å². The smallest absolute Gasteiger partial charge is 0.255 e. The van der Waals surface area contributed by atoms with Crippen molar-refractivity contribution in [2.24, 2.45) is 0 Å². The van der Waals surface area contributed by atoms with Crippen LogP contribution in [-0.4, -0.2) is 65.4 Å². The molecular weight excluding hydrogens is 478 g/mol. The minimum atomic E-state index is -0.270. The van der Waals surface area contributed by atoms with Crippen molar-refractivity contribution < 1.29 is 9.53 Å². The van der Waals surface area contributed by atoms with Gasteiger partial charge in [-0.3, -0.25) is 19.5 Å². The number of nitrogens with one attached hydrogen (secondary N) is 2. The molecule has 0 bridgehead atoms. The molecule has 3 aromatic rings. The van der Waals surface area contributed by atoms with Gasteiger partial charge in [-0.05, 0) is 71.0 Å². The van der Waals surface area contributed by atoms with Crippen LogP contribution < -0.4 is 15.6 Å².